The van der Waals surface area contributed by atoms with Crippen LogP contribution in [0.3, 0.4) is 0 Å². The number of rotatable bonds is 14. The molecule has 0 fully saturated rings. The molecule has 1 unspecified atom stereocenters. The third-order valence-electron chi connectivity index (χ3n) is 3.48. The lowest BCUT2D eigenvalue weighted by Crippen LogP contribution is -2.20. The van der Waals surface area contributed by atoms with Crippen LogP contribution in [0, 0.1) is 0 Å². The molecule has 134 valence electrons. The van der Waals surface area contributed by atoms with Crippen molar-refractivity contribution in [3.63, 3.8) is 0 Å². The summed E-state index contributed by atoms with van der Waals surface area (Å²) in [5.41, 5.74) is 0. The van der Waals surface area contributed by atoms with Crippen molar-refractivity contribution < 1.29 is 24.2 Å². The summed E-state index contributed by atoms with van der Waals surface area (Å²) in [6, 6.07) is 0. The van der Waals surface area contributed by atoms with Crippen LogP contribution in [0.4, 0.5) is 4.79 Å². The van der Waals surface area contributed by atoms with Gasteiger partial charge in [-0.25, -0.2) is 4.79 Å². The van der Waals surface area contributed by atoms with Crippen LogP contribution in [0.1, 0.15) is 78.1 Å². The number of aliphatic carboxylic acids is 1. The number of carboxylic acids is 1. The van der Waals surface area contributed by atoms with E-state index in [9.17, 15) is 9.59 Å². The highest BCUT2D eigenvalue weighted by Crippen LogP contribution is 2.14. The number of hydrogen-bond donors (Lipinski definition) is 1. The van der Waals surface area contributed by atoms with Crippen molar-refractivity contribution in [3.8, 4) is 0 Å². The fourth-order valence-corrected chi connectivity index (χ4v) is 2.19. The maximum absolute atomic E-state index is 11.7. The zero-order chi connectivity index (χ0) is 17.3. The molecule has 0 aliphatic heterocycles. The lowest BCUT2D eigenvalue weighted by atomic mass is 10.0. The van der Waals surface area contributed by atoms with E-state index in [0.29, 0.717) is 19.3 Å². The van der Waals surface area contributed by atoms with Crippen LogP contribution in [-0.4, -0.2) is 29.9 Å². The van der Waals surface area contributed by atoms with E-state index in [1.54, 1.807) is 0 Å². The first-order chi connectivity index (χ1) is 11.1. The van der Waals surface area contributed by atoms with Gasteiger partial charge in [-0.15, -0.1) is 0 Å². The molecule has 0 heterocycles. The summed E-state index contributed by atoms with van der Waals surface area (Å²) in [7, 11) is 0. The van der Waals surface area contributed by atoms with E-state index in [2.05, 4.69) is 6.92 Å². The van der Waals surface area contributed by atoms with Gasteiger partial charge in [-0.2, -0.15) is 0 Å². The molecule has 5 nitrogen and oxygen atoms in total. The van der Waals surface area contributed by atoms with E-state index in [0.717, 1.165) is 25.7 Å². The molecule has 0 radical (unpaired) electrons. The first kappa shape index (κ1) is 21.5. The van der Waals surface area contributed by atoms with Gasteiger partial charge in [-0.05, 0) is 32.1 Å². The second kappa shape index (κ2) is 15.4. The lowest BCUT2D eigenvalue weighted by Gasteiger charge is -2.16. The highest BCUT2D eigenvalue weighted by molar-refractivity contribution is 5.66. The minimum absolute atomic E-state index is 0.00610. The van der Waals surface area contributed by atoms with Crippen LogP contribution in [0.15, 0.2) is 12.2 Å². The van der Waals surface area contributed by atoms with Crippen LogP contribution >= 0.6 is 0 Å². The molecule has 23 heavy (non-hydrogen) atoms. The van der Waals surface area contributed by atoms with Gasteiger partial charge >= 0.3 is 12.1 Å². The van der Waals surface area contributed by atoms with E-state index < -0.39 is 12.1 Å². The molecule has 0 spiro atoms. The number of ether oxygens (including phenoxy) is 2. The molecule has 0 aromatic carbocycles. The first-order valence-corrected chi connectivity index (χ1v) is 8.80. The van der Waals surface area contributed by atoms with Crippen molar-refractivity contribution in [2.75, 3.05) is 6.61 Å². The Morgan fingerprint density at radius 3 is 2.43 bits per heavy atom. The monoisotopic (exact) mass is 328 g/mol. The summed E-state index contributed by atoms with van der Waals surface area (Å²) in [6.45, 7) is 4.49. The van der Waals surface area contributed by atoms with E-state index in [1.165, 1.54) is 12.8 Å². The summed E-state index contributed by atoms with van der Waals surface area (Å²) >= 11 is 0. The minimum Gasteiger partial charge on any atom is -0.481 e. The molecule has 0 aromatic heterocycles. The Labute approximate surface area is 140 Å². The molecule has 0 aromatic rings. The molecule has 0 saturated heterocycles. The number of allylic oxidation sites excluding steroid dienone is 1. The summed E-state index contributed by atoms with van der Waals surface area (Å²) in [5, 5.41) is 8.78. The van der Waals surface area contributed by atoms with Gasteiger partial charge in [-0.3, -0.25) is 4.79 Å². The standard InChI is InChI=1S/C18H32O5/c1-3-5-7-9-10-12-16(13-14-17(19)20)23-18(21)22-15-11-8-6-4-2/h6,8,16H,3-5,7,9-15H2,1-2H3,(H,19,20)/b8-6-. The highest BCUT2D eigenvalue weighted by atomic mass is 16.7. The quantitative estimate of drug-likeness (QED) is 0.273. The maximum atomic E-state index is 11.7. The van der Waals surface area contributed by atoms with Crippen LogP contribution < -0.4 is 0 Å². The van der Waals surface area contributed by atoms with Crippen LogP contribution in [0.25, 0.3) is 0 Å². The average Bonchev–Trinajstić information content (AvgIpc) is 2.51. The second-order valence-corrected chi connectivity index (χ2v) is 5.64. The lowest BCUT2D eigenvalue weighted by molar-refractivity contribution is -0.137. The molecule has 0 aliphatic carbocycles. The molecule has 1 atom stereocenters. The Morgan fingerprint density at radius 2 is 1.78 bits per heavy atom. The zero-order valence-corrected chi connectivity index (χ0v) is 14.6. The Hall–Kier alpha value is -1.52. The molecule has 5 heteroatoms. The predicted molar refractivity (Wildman–Crippen MR) is 90.5 cm³/mol. The van der Waals surface area contributed by atoms with Gasteiger partial charge in [0.15, 0.2) is 0 Å². The Bertz CT molecular complexity index is 338. The van der Waals surface area contributed by atoms with Gasteiger partial charge in [0.05, 0.1) is 6.61 Å². The van der Waals surface area contributed by atoms with Gasteiger partial charge in [0.25, 0.3) is 0 Å². The van der Waals surface area contributed by atoms with Crippen molar-refractivity contribution in [1.29, 1.82) is 0 Å². The highest BCUT2D eigenvalue weighted by Gasteiger charge is 2.16. The predicted octanol–water partition coefficient (Wildman–Crippen LogP) is 5.09. The molecule has 0 aliphatic rings. The van der Waals surface area contributed by atoms with E-state index >= 15 is 0 Å². The molecule has 0 amide bonds. The Morgan fingerprint density at radius 1 is 1.04 bits per heavy atom. The number of carbonyl (C=O) groups excluding carboxylic acids is 1. The SMILES string of the molecule is CC/C=C\CCOC(=O)OC(CCCCCCC)CCC(=O)O. The Kier molecular flexibility index (Phi) is 14.4. The summed E-state index contributed by atoms with van der Waals surface area (Å²) in [4.78, 5) is 22.3. The number of carboxylic acid groups (broad SMARTS) is 1. The zero-order valence-electron chi connectivity index (χ0n) is 14.6. The van der Waals surface area contributed by atoms with Gasteiger partial charge in [-0.1, -0.05) is 51.7 Å². The third kappa shape index (κ3) is 15.2. The fraction of sp³-hybridized carbons (Fsp3) is 0.778. The average molecular weight is 328 g/mol. The number of carbonyl (C=O) groups is 2. The Balaban J connectivity index is 4.03. The van der Waals surface area contributed by atoms with Crippen molar-refractivity contribution >= 4 is 12.1 Å². The molecule has 0 bridgehead atoms. The van der Waals surface area contributed by atoms with Gasteiger partial charge < -0.3 is 14.6 Å². The first-order valence-electron chi connectivity index (χ1n) is 8.80. The topological polar surface area (TPSA) is 72.8 Å². The second-order valence-electron chi connectivity index (χ2n) is 5.64. The van der Waals surface area contributed by atoms with Crippen LogP contribution in [0.5, 0.6) is 0 Å². The van der Waals surface area contributed by atoms with Crippen LogP contribution in [-0.2, 0) is 14.3 Å². The van der Waals surface area contributed by atoms with Crippen molar-refractivity contribution in [2.45, 2.75) is 84.2 Å². The molecular formula is C18H32O5. The van der Waals surface area contributed by atoms with Crippen molar-refractivity contribution in [3.05, 3.63) is 12.2 Å². The molecule has 1 N–H and O–H groups in total. The number of unbranched alkanes of at least 4 members (excludes halogenated alkanes) is 4. The summed E-state index contributed by atoms with van der Waals surface area (Å²) in [6.07, 6.45) is 11.1. The van der Waals surface area contributed by atoms with Crippen molar-refractivity contribution in [2.24, 2.45) is 0 Å². The van der Waals surface area contributed by atoms with E-state index in [4.69, 9.17) is 14.6 Å². The van der Waals surface area contributed by atoms with Crippen molar-refractivity contribution in [1.82, 2.24) is 0 Å². The van der Waals surface area contributed by atoms with E-state index in [1.807, 2.05) is 19.1 Å². The third-order valence-corrected chi connectivity index (χ3v) is 3.48. The number of hydrogen-bond acceptors (Lipinski definition) is 4. The normalized spacial score (nSPS) is 12.3. The maximum Gasteiger partial charge on any atom is 0.508 e. The molecular weight excluding hydrogens is 296 g/mol. The van der Waals surface area contributed by atoms with E-state index in [-0.39, 0.29) is 19.1 Å². The fourth-order valence-electron chi connectivity index (χ4n) is 2.19. The largest absolute Gasteiger partial charge is 0.508 e. The van der Waals surface area contributed by atoms with Gasteiger partial charge in [0.2, 0.25) is 0 Å². The molecule has 0 rings (SSSR count). The summed E-state index contributed by atoms with van der Waals surface area (Å²) in [5.74, 6) is -0.873. The minimum atomic E-state index is -0.873. The summed E-state index contributed by atoms with van der Waals surface area (Å²) < 4.78 is 10.3. The van der Waals surface area contributed by atoms with Gasteiger partial charge in [0, 0.05) is 6.42 Å². The smallest absolute Gasteiger partial charge is 0.481 e. The molecule has 0 saturated carbocycles. The van der Waals surface area contributed by atoms with Gasteiger partial charge in [0.1, 0.15) is 6.10 Å². The van der Waals surface area contributed by atoms with Crippen LogP contribution in [0.2, 0.25) is 0 Å².